The minimum atomic E-state index is -3.19. The number of sulfone groups is 1. The Hall–Kier alpha value is -6.94. The molecule has 0 spiro atoms. The molecule has 0 N–H and O–H groups in total. The van der Waals surface area contributed by atoms with E-state index in [0.29, 0.717) is 39.2 Å². The first kappa shape index (κ1) is 109. The Labute approximate surface area is 573 Å². The van der Waals surface area contributed by atoms with Crippen molar-refractivity contribution in [3.05, 3.63) is 124 Å². The maximum atomic E-state index is 11.9. The van der Waals surface area contributed by atoms with Crippen molar-refractivity contribution in [1.29, 1.82) is 0 Å². The first-order chi connectivity index (χ1) is 38.8. The molecular weight excluding hydrogens is 1200 g/mol. The molecule has 538 valence electrons. The molecular formula is C78H132N2O13S. The molecule has 0 amide bonds. The quantitative estimate of drug-likeness (QED) is 0.0945. The summed E-state index contributed by atoms with van der Waals surface area (Å²) in [5.74, 6) is 0.167. The number of carbonyl (C=O) groups is 11. The normalized spacial score (nSPS) is 10.9. The van der Waals surface area contributed by atoms with Gasteiger partial charge in [-0.25, -0.2) is 8.42 Å². The lowest BCUT2D eigenvalue weighted by atomic mass is 9.76. The Kier molecular flexibility index (Phi) is 52.5. The van der Waals surface area contributed by atoms with Crippen LogP contribution in [0.1, 0.15) is 319 Å². The number of nitrogens with zero attached hydrogens (tertiary/aromatic N) is 2. The number of hydrogen-bond acceptors (Lipinski definition) is 15. The van der Waals surface area contributed by atoms with Gasteiger partial charge < -0.3 is 0 Å². The van der Waals surface area contributed by atoms with E-state index in [1.165, 1.54) is 52.2 Å². The topological polar surface area (TPSA) is 248 Å². The largest absolute Gasteiger partial charge is 0.299 e. The Morgan fingerprint density at radius 1 is 0.351 bits per heavy atom. The molecule has 94 heavy (non-hydrogen) atoms. The van der Waals surface area contributed by atoms with E-state index in [1.807, 2.05) is 152 Å². The number of ketones is 11. The molecule has 0 radical (unpaired) electrons. The second-order valence-corrected chi connectivity index (χ2v) is 30.2. The second-order valence-electron chi connectivity index (χ2n) is 28.2. The van der Waals surface area contributed by atoms with Gasteiger partial charge >= 0.3 is 0 Å². The van der Waals surface area contributed by atoms with Gasteiger partial charge in [0.25, 0.3) is 0 Å². The smallest absolute Gasteiger partial charge is 0.186 e. The van der Waals surface area contributed by atoms with Gasteiger partial charge in [0.1, 0.15) is 34.5 Å². The summed E-state index contributed by atoms with van der Waals surface area (Å²) < 4.78 is 22.5. The molecule has 16 heteroatoms. The molecule has 0 fully saturated rings. The third kappa shape index (κ3) is 42.4. The van der Waals surface area contributed by atoms with Crippen LogP contribution in [0.5, 0.6) is 0 Å². The molecule has 1 atom stereocenters. The van der Waals surface area contributed by atoms with Gasteiger partial charge in [0.15, 0.2) is 50.3 Å². The van der Waals surface area contributed by atoms with Gasteiger partial charge in [-0.15, -0.1) is 0 Å². The van der Waals surface area contributed by atoms with E-state index in [4.69, 9.17) is 0 Å². The summed E-state index contributed by atoms with van der Waals surface area (Å²) >= 11 is 0. The lowest BCUT2D eigenvalue weighted by Gasteiger charge is -2.25. The van der Waals surface area contributed by atoms with Crippen LogP contribution < -0.4 is 0 Å². The molecule has 2 aromatic carbocycles. The first-order valence-electron chi connectivity index (χ1n) is 29.0. The predicted molar refractivity (Wildman–Crippen MR) is 396 cm³/mol. The summed E-state index contributed by atoms with van der Waals surface area (Å²) in [6, 6.07) is 19.3. The van der Waals surface area contributed by atoms with Crippen molar-refractivity contribution in [2.45, 2.75) is 251 Å². The van der Waals surface area contributed by atoms with E-state index < -0.39 is 32.0 Å². The van der Waals surface area contributed by atoms with Crippen LogP contribution in [-0.2, 0) is 29.0 Å². The standard InChI is InChI=1S/C13H16O2.C12H15NO2.C12H16O3S.C11H13NO2.C11H20O2.2C6H12O.7CH4/c1-9(14)10-5-7-11(8-6-10)12(15)13(2,3)4;1-8(14)9-5-6-10(13-7-9)11(15)12(2,3)4;1-12(2,3)11(13)9-5-7-10(8-6-9)16(4,14)15;1-7(2)11(14)9-4-5-10(8(3)13)12-6-9;1-7(2)9(8(3)12)10(13)11(4,5)6;2*1-5(7)6(2,3)4;;;;;;;/h5-8H,1-4H3;5-7H,1-4H3;5-8H,1-4H3;4-7H,1-3H3;7,9H,1-6H3;2*1-4H3;7*1H4. The number of pyridine rings is 2. The summed E-state index contributed by atoms with van der Waals surface area (Å²) in [4.78, 5) is 132. The number of aromatic nitrogens is 2. The van der Waals surface area contributed by atoms with Gasteiger partial charge in [0.2, 0.25) is 0 Å². The molecule has 0 bridgehead atoms. The zero-order valence-corrected chi connectivity index (χ0v) is 58.7. The van der Waals surface area contributed by atoms with Crippen LogP contribution in [0.25, 0.3) is 0 Å². The molecule has 4 aromatic rings. The zero-order chi connectivity index (χ0) is 69.5. The van der Waals surface area contributed by atoms with E-state index in [2.05, 4.69) is 9.97 Å². The highest BCUT2D eigenvalue weighted by atomic mass is 32.2. The zero-order valence-electron chi connectivity index (χ0n) is 57.9. The molecule has 0 aliphatic carbocycles. The Morgan fingerprint density at radius 2 is 0.628 bits per heavy atom. The van der Waals surface area contributed by atoms with Gasteiger partial charge in [-0.2, -0.15) is 0 Å². The molecule has 0 aliphatic rings. The van der Waals surface area contributed by atoms with Gasteiger partial charge in [-0.05, 0) is 76.9 Å². The minimum absolute atomic E-state index is 0. The predicted octanol–water partition coefficient (Wildman–Crippen LogP) is 20.2. The first-order valence-corrected chi connectivity index (χ1v) is 30.8. The van der Waals surface area contributed by atoms with Crippen molar-refractivity contribution in [1.82, 2.24) is 9.97 Å². The maximum absolute atomic E-state index is 11.9. The Morgan fingerprint density at radius 3 is 0.830 bits per heavy atom. The van der Waals surface area contributed by atoms with Crippen LogP contribution in [-0.4, -0.2) is 88.3 Å². The maximum Gasteiger partial charge on any atom is 0.186 e. The van der Waals surface area contributed by atoms with E-state index in [1.54, 1.807) is 74.5 Å². The van der Waals surface area contributed by atoms with E-state index >= 15 is 0 Å². The van der Waals surface area contributed by atoms with E-state index in [9.17, 15) is 61.2 Å². The van der Waals surface area contributed by atoms with Gasteiger partial charge in [0, 0.05) is 91.8 Å². The summed E-state index contributed by atoms with van der Waals surface area (Å²) in [6.07, 6.45) is 4.05. The molecule has 2 heterocycles. The van der Waals surface area contributed by atoms with Crippen LogP contribution in [0.4, 0.5) is 0 Å². The van der Waals surface area contributed by atoms with Crippen LogP contribution in [0.15, 0.2) is 90.1 Å². The van der Waals surface area contributed by atoms with E-state index in [0.717, 1.165) is 6.26 Å². The fourth-order valence-corrected chi connectivity index (χ4v) is 6.83. The summed E-state index contributed by atoms with van der Waals surface area (Å²) in [5.41, 5.74) is 1.77. The highest BCUT2D eigenvalue weighted by Crippen LogP contribution is 2.27. The van der Waals surface area contributed by atoms with Crippen molar-refractivity contribution in [3.8, 4) is 0 Å². The number of Topliss-reactive ketones (excluding diaryl/α,β-unsaturated/α-hetero) is 11. The molecule has 0 saturated carbocycles. The SMILES string of the molecule is C.C.C.C.C.C.C.CC(=O)C(C(=O)C(C)(C)C)C(C)C.CC(=O)C(C)(C)C.CC(=O)C(C)(C)C.CC(=O)c1ccc(C(=O)C(C)(C)C)cc1.CC(=O)c1ccc(C(=O)C(C)(C)C)nc1.CC(=O)c1ccc(C(=O)C(C)C)cn1.CC(C)(C)C(=O)c1ccc(S(C)(=O)=O)cc1. The molecule has 2 aromatic heterocycles. The van der Waals surface area contributed by atoms with Crippen LogP contribution in [0.3, 0.4) is 0 Å². The van der Waals surface area contributed by atoms with Crippen molar-refractivity contribution in [3.63, 3.8) is 0 Å². The third-order valence-corrected chi connectivity index (χ3v) is 13.8. The third-order valence-electron chi connectivity index (χ3n) is 12.7. The summed E-state index contributed by atoms with van der Waals surface area (Å²) in [5, 5.41) is 0. The van der Waals surface area contributed by atoms with Crippen LogP contribution in [0.2, 0.25) is 0 Å². The number of benzene rings is 2. The number of carbonyl (C=O) groups excluding carboxylic acids is 11. The molecule has 4 rings (SSSR count). The molecule has 0 aliphatic heterocycles. The monoisotopic (exact) mass is 1340 g/mol. The fourth-order valence-electron chi connectivity index (χ4n) is 6.20. The average molecular weight is 1340 g/mol. The number of rotatable bonds is 12. The second kappa shape index (κ2) is 45.4. The highest BCUT2D eigenvalue weighted by Gasteiger charge is 2.34. The summed E-state index contributed by atoms with van der Waals surface area (Å²) in [7, 11) is -3.19. The van der Waals surface area contributed by atoms with Gasteiger partial charge in [-0.1, -0.05) is 241 Å². The van der Waals surface area contributed by atoms with E-state index in [-0.39, 0.29) is 149 Å². The highest BCUT2D eigenvalue weighted by molar-refractivity contribution is 7.90. The van der Waals surface area contributed by atoms with Crippen molar-refractivity contribution in [2.75, 3.05) is 6.26 Å². The van der Waals surface area contributed by atoms with Crippen LogP contribution >= 0.6 is 0 Å². The minimum Gasteiger partial charge on any atom is -0.299 e. The molecule has 1 unspecified atom stereocenters. The average Bonchev–Trinajstić information content (AvgIpc) is 3.36. The summed E-state index contributed by atoms with van der Waals surface area (Å²) in [6.45, 7) is 50.4. The Bertz CT molecular complexity index is 3000. The van der Waals surface area contributed by atoms with Crippen molar-refractivity contribution in [2.24, 2.45) is 50.2 Å². The van der Waals surface area contributed by atoms with Gasteiger partial charge in [0.05, 0.1) is 10.8 Å². The molecule has 15 nitrogen and oxygen atoms in total. The molecule has 0 saturated heterocycles. The van der Waals surface area contributed by atoms with Gasteiger partial charge in [-0.3, -0.25) is 62.7 Å². The van der Waals surface area contributed by atoms with Crippen molar-refractivity contribution >= 4 is 73.5 Å². The fraction of sp³-hybridized carbons (Fsp3) is 0.577. The lowest BCUT2D eigenvalue weighted by molar-refractivity contribution is -0.138. The van der Waals surface area contributed by atoms with Crippen LogP contribution in [0, 0.1) is 50.2 Å². The van der Waals surface area contributed by atoms with Crippen molar-refractivity contribution < 1.29 is 61.2 Å². The lowest BCUT2D eigenvalue weighted by Crippen LogP contribution is -2.35. The number of hydrogen-bond donors (Lipinski definition) is 0. The Balaban J connectivity index is -0.000000110.